The van der Waals surface area contributed by atoms with Gasteiger partial charge in [0.1, 0.15) is 0 Å². The van der Waals surface area contributed by atoms with Gasteiger partial charge in [0.2, 0.25) is 11.8 Å². The van der Waals surface area contributed by atoms with Crippen molar-refractivity contribution in [3.8, 4) is 0 Å². The van der Waals surface area contributed by atoms with Crippen molar-refractivity contribution in [2.24, 2.45) is 0 Å². The highest BCUT2D eigenvalue weighted by molar-refractivity contribution is 5.83. The predicted octanol–water partition coefficient (Wildman–Crippen LogP) is 0.0841. The van der Waals surface area contributed by atoms with Crippen molar-refractivity contribution in [1.82, 2.24) is 9.80 Å². The fraction of sp³-hybridized carbons (Fsp3) is 0.818. The molecule has 0 aromatic carbocycles. The molecule has 0 atom stereocenters. The molecular formula is C11H22N2O3. The van der Waals surface area contributed by atoms with E-state index in [-0.39, 0.29) is 24.9 Å². The number of rotatable bonds is 5. The molecule has 0 saturated carbocycles. The van der Waals surface area contributed by atoms with Crippen molar-refractivity contribution in [1.29, 1.82) is 0 Å². The van der Waals surface area contributed by atoms with Gasteiger partial charge in [-0.25, -0.2) is 0 Å². The minimum Gasteiger partial charge on any atom is -0.389 e. The van der Waals surface area contributed by atoms with Crippen LogP contribution in [-0.2, 0) is 9.59 Å². The lowest BCUT2D eigenvalue weighted by Gasteiger charge is -2.29. The van der Waals surface area contributed by atoms with Gasteiger partial charge < -0.3 is 14.9 Å². The fourth-order valence-corrected chi connectivity index (χ4v) is 1.26. The van der Waals surface area contributed by atoms with Crippen LogP contribution in [0.3, 0.4) is 0 Å². The molecular weight excluding hydrogens is 208 g/mol. The van der Waals surface area contributed by atoms with Crippen LogP contribution in [0.1, 0.15) is 27.7 Å². The molecule has 0 spiro atoms. The van der Waals surface area contributed by atoms with Gasteiger partial charge in [-0.2, -0.15) is 0 Å². The molecule has 0 unspecified atom stereocenters. The summed E-state index contributed by atoms with van der Waals surface area (Å²) in [6.07, 6.45) is 0. The number of hydrogen-bond donors (Lipinski definition) is 1. The summed E-state index contributed by atoms with van der Waals surface area (Å²) in [5.74, 6) is -0.296. The zero-order chi connectivity index (χ0) is 12.9. The molecule has 0 aromatic heterocycles. The zero-order valence-electron chi connectivity index (χ0n) is 10.8. The normalized spacial score (nSPS) is 11.1. The number of nitrogens with zero attached hydrogens (tertiary/aromatic N) is 2. The highest BCUT2D eigenvalue weighted by atomic mass is 16.3. The van der Waals surface area contributed by atoms with Crippen molar-refractivity contribution in [3.63, 3.8) is 0 Å². The average molecular weight is 230 g/mol. The number of carbonyl (C=O) groups excluding carboxylic acids is 2. The van der Waals surface area contributed by atoms with Gasteiger partial charge in [0.05, 0.1) is 12.1 Å². The summed E-state index contributed by atoms with van der Waals surface area (Å²) in [5, 5.41) is 9.64. The SMILES string of the molecule is CCN(CC(C)(C)O)C(=O)CN(C)C(C)=O. The van der Waals surface area contributed by atoms with Crippen molar-refractivity contribution in [2.45, 2.75) is 33.3 Å². The summed E-state index contributed by atoms with van der Waals surface area (Å²) in [6.45, 7) is 7.41. The highest BCUT2D eigenvalue weighted by Gasteiger charge is 2.22. The molecule has 0 heterocycles. The number of carbonyl (C=O) groups is 2. The van der Waals surface area contributed by atoms with E-state index >= 15 is 0 Å². The first-order chi connectivity index (χ1) is 7.17. The number of hydrogen-bond acceptors (Lipinski definition) is 3. The van der Waals surface area contributed by atoms with Crippen molar-refractivity contribution in [2.75, 3.05) is 26.7 Å². The third kappa shape index (κ3) is 5.70. The summed E-state index contributed by atoms with van der Waals surface area (Å²) in [7, 11) is 1.58. The smallest absolute Gasteiger partial charge is 0.242 e. The Labute approximate surface area is 97.0 Å². The van der Waals surface area contributed by atoms with Crippen LogP contribution in [0.2, 0.25) is 0 Å². The maximum absolute atomic E-state index is 11.8. The first-order valence-corrected chi connectivity index (χ1v) is 5.39. The second kappa shape index (κ2) is 5.84. The summed E-state index contributed by atoms with van der Waals surface area (Å²) >= 11 is 0. The Hall–Kier alpha value is -1.10. The van der Waals surface area contributed by atoms with Crippen LogP contribution in [0.25, 0.3) is 0 Å². The second-order valence-electron chi connectivity index (χ2n) is 4.60. The molecule has 1 N–H and O–H groups in total. The Morgan fingerprint density at radius 2 is 1.81 bits per heavy atom. The zero-order valence-corrected chi connectivity index (χ0v) is 10.8. The van der Waals surface area contributed by atoms with E-state index in [1.807, 2.05) is 6.92 Å². The Kier molecular flexibility index (Phi) is 5.44. The van der Waals surface area contributed by atoms with Gasteiger partial charge >= 0.3 is 0 Å². The maximum Gasteiger partial charge on any atom is 0.242 e. The van der Waals surface area contributed by atoms with Gasteiger partial charge in [0, 0.05) is 27.1 Å². The Morgan fingerprint density at radius 1 is 1.31 bits per heavy atom. The van der Waals surface area contributed by atoms with Crippen LogP contribution < -0.4 is 0 Å². The minimum atomic E-state index is -0.916. The molecule has 5 heteroatoms. The minimum absolute atomic E-state index is 0.0548. The molecule has 0 aromatic rings. The van der Waals surface area contributed by atoms with Crippen LogP contribution in [0.15, 0.2) is 0 Å². The summed E-state index contributed by atoms with van der Waals surface area (Å²) in [6, 6.07) is 0. The Bertz CT molecular complexity index is 258. The molecule has 0 aliphatic heterocycles. The van der Waals surface area contributed by atoms with E-state index in [2.05, 4.69) is 0 Å². The third-order valence-corrected chi connectivity index (χ3v) is 2.22. The van der Waals surface area contributed by atoms with E-state index in [0.717, 1.165) is 0 Å². The second-order valence-corrected chi connectivity index (χ2v) is 4.60. The van der Waals surface area contributed by atoms with E-state index in [9.17, 15) is 14.7 Å². The van der Waals surface area contributed by atoms with E-state index in [4.69, 9.17) is 0 Å². The summed E-state index contributed by atoms with van der Waals surface area (Å²) < 4.78 is 0. The predicted molar refractivity (Wildman–Crippen MR) is 61.9 cm³/mol. The molecule has 0 aliphatic rings. The standard InChI is InChI=1S/C11H22N2O3/c1-6-13(8-11(3,4)16)10(15)7-12(5)9(2)14/h16H,6-8H2,1-5H3. The van der Waals surface area contributed by atoms with Crippen LogP contribution >= 0.6 is 0 Å². The van der Waals surface area contributed by atoms with Crippen LogP contribution in [0.4, 0.5) is 0 Å². The highest BCUT2D eigenvalue weighted by Crippen LogP contribution is 2.05. The quantitative estimate of drug-likeness (QED) is 0.728. The molecule has 0 radical (unpaired) electrons. The molecule has 2 amide bonds. The van der Waals surface area contributed by atoms with Gasteiger partial charge in [-0.1, -0.05) is 0 Å². The van der Waals surface area contributed by atoms with Crippen LogP contribution in [0, 0.1) is 0 Å². The molecule has 0 bridgehead atoms. The maximum atomic E-state index is 11.8. The van der Waals surface area contributed by atoms with Crippen molar-refractivity contribution >= 4 is 11.8 Å². The molecule has 0 rings (SSSR count). The molecule has 16 heavy (non-hydrogen) atoms. The van der Waals surface area contributed by atoms with Crippen LogP contribution in [0.5, 0.6) is 0 Å². The van der Waals surface area contributed by atoms with Crippen LogP contribution in [-0.4, -0.2) is 59.0 Å². The van der Waals surface area contributed by atoms with Crippen molar-refractivity contribution in [3.05, 3.63) is 0 Å². The molecule has 0 saturated heterocycles. The largest absolute Gasteiger partial charge is 0.389 e. The molecule has 94 valence electrons. The third-order valence-electron chi connectivity index (χ3n) is 2.22. The van der Waals surface area contributed by atoms with E-state index in [1.54, 1.807) is 25.8 Å². The summed E-state index contributed by atoms with van der Waals surface area (Å²) in [4.78, 5) is 25.7. The van der Waals surface area contributed by atoms with E-state index in [0.29, 0.717) is 6.54 Å². The lowest BCUT2D eigenvalue weighted by Crippen LogP contribution is -2.46. The number of amides is 2. The Morgan fingerprint density at radius 3 is 2.12 bits per heavy atom. The van der Waals surface area contributed by atoms with Gasteiger partial charge in [0.15, 0.2) is 0 Å². The number of aliphatic hydroxyl groups is 1. The van der Waals surface area contributed by atoms with E-state index < -0.39 is 5.60 Å². The lowest BCUT2D eigenvalue weighted by atomic mass is 10.1. The first kappa shape index (κ1) is 14.9. The topological polar surface area (TPSA) is 60.9 Å². The van der Waals surface area contributed by atoms with Gasteiger partial charge in [-0.3, -0.25) is 9.59 Å². The van der Waals surface area contributed by atoms with Crippen molar-refractivity contribution < 1.29 is 14.7 Å². The molecule has 5 nitrogen and oxygen atoms in total. The number of likely N-dealkylation sites (N-methyl/N-ethyl adjacent to an activating group) is 2. The first-order valence-electron chi connectivity index (χ1n) is 5.39. The lowest BCUT2D eigenvalue weighted by molar-refractivity contribution is -0.140. The summed E-state index contributed by atoms with van der Waals surface area (Å²) in [5.41, 5.74) is -0.916. The van der Waals surface area contributed by atoms with Gasteiger partial charge in [-0.15, -0.1) is 0 Å². The van der Waals surface area contributed by atoms with Gasteiger partial charge in [0.25, 0.3) is 0 Å². The Balaban J connectivity index is 4.38. The monoisotopic (exact) mass is 230 g/mol. The fourth-order valence-electron chi connectivity index (χ4n) is 1.26. The molecule has 0 fully saturated rings. The average Bonchev–Trinajstić information content (AvgIpc) is 2.12. The van der Waals surface area contributed by atoms with Gasteiger partial charge in [-0.05, 0) is 20.8 Å². The molecule has 0 aliphatic carbocycles. The van der Waals surface area contributed by atoms with E-state index in [1.165, 1.54) is 11.8 Å².